The monoisotopic (exact) mass is 632 g/mol. The molecule has 0 atom stereocenters. The summed E-state index contributed by atoms with van der Waals surface area (Å²) in [5.41, 5.74) is 3.13. The summed E-state index contributed by atoms with van der Waals surface area (Å²) < 4.78 is 12.3. The van der Waals surface area contributed by atoms with E-state index >= 15 is 0 Å². The predicted molar refractivity (Wildman–Crippen MR) is 154 cm³/mol. The Hall–Kier alpha value is -2.95. The van der Waals surface area contributed by atoms with Crippen molar-refractivity contribution >= 4 is 75.1 Å². The first-order valence-electron chi connectivity index (χ1n) is 11.1. The molecule has 6 nitrogen and oxygen atoms in total. The van der Waals surface area contributed by atoms with Gasteiger partial charge in [0.25, 0.3) is 11.8 Å². The Morgan fingerprint density at radius 3 is 2.50 bits per heavy atom. The number of thiocarbonyl (C=S) groups is 1. The number of hydrogen-bond acceptors (Lipinski definition) is 5. The SMILES string of the molecule is CCc1ccc(N2C(=O)/C(=C/c3cc(I)c(OCc4ccccc4Cl)c(OC)c3)C(=O)NC2=S)cc1. The Kier molecular flexibility index (Phi) is 8.28. The first kappa shape index (κ1) is 26.1. The normalized spacial score (nSPS) is 14.7. The first-order valence-corrected chi connectivity index (χ1v) is 12.9. The molecule has 0 aliphatic carbocycles. The smallest absolute Gasteiger partial charge is 0.270 e. The van der Waals surface area contributed by atoms with E-state index in [9.17, 15) is 9.59 Å². The second kappa shape index (κ2) is 11.4. The lowest BCUT2D eigenvalue weighted by Gasteiger charge is -2.29. The van der Waals surface area contributed by atoms with Crippen molar-refractivity contribution < 1.29 is 19.1 Å². The standard InChI is InChI=1S/C27H22ClIN2O4S/c1-3-16-8-10-19(11-9-16)31-26(33)20(25(32)30-27(31)36)12-17-13-22(29)24(23(14-17)34-2)35-15-18-6-4-5-7-21(18)28/h4-14H,3,15H2,1-2H3,(H,30,32,36)/b20-12+. The molecule has 2 amide bonds. The van der Waals surface area contributed by atoms with Gasteiger partial charge in [-0.05, 0) is 88.8 Å². The summed E-state index contributed by atoms with van der Waals surface area (Å²) in [5, 5.41) is 3.27. The molecular weight excluding hydrogens is 611 g/mol. The molecule has 3 aromatic rings. The van der Waals surface area contributed by atoms with Crippen molar-refractivity contribution in [1.82, 2.24) is 5.32 Å². The Morgan fingerprint density at radius 2 is 1.83 bits per heavy atom. The lowest BCUT2D eigenvalue weighted by Crippen LogP contribution is -2.54. The van der Waals surface area contributed by atoms with Gasteiger partial charge in [0.05, 0.1) is 16.4 Å². The third-order valence-electron chi connectivity index (χ3n) is 5.60. The maximum Gasteiger partial charge on any atom is 0.270 e. The maximum atomic E-state index is 13.3. The van der Waals surface area contributed by atoms with Crippen molar-refractivity contribution in [2.24, 2.45) is 0 Å². The Bertz CT molecular complexity index is 1370. The van der Waals surface area contributed by atoms with Crippen LogP contribution in [0.25, 0.3) is 6.08 Å². The van der Waals surface area contributed by atoms with Gasteiger partial charge in [0.1, 0.15) is 12.2 Å². The highest BCUT2D eigenvalue weighted by atomic mass is 127. The van der Waals surface area contributed by atoms with Gasteiger partial charge < -0.3 is 9.47 Å². The molecule has 0 saturated carbocycles. The van der Waals surface area contributed by atoms with Crippen LogP contribution in [0.3, 0.4) is 0 Å². The van der Waals surface area contributed by atoms with Gasteiger partial charge in [-0.2, -0.15) is 0 Å². The number of amides is 2. The zero-order valence-electron chi connectivity index (χ0n) is 19.5. The van der Waals surface area contributed by atoms with E-state index in [0.717, 1.165) is 21.1 Å². The number of ether oxygens (including phenoxy) is 2. The van der Waals surface area contributed by atoms with Crippen molar-refractivity contribution in [1.29, 1.82) is 0 Å². The van der Waals surface area contributed by atoms with Crippen LogP contribution in [0.1, 0.15) is 23.6 Å². The van der Waals surface area contributed by atoms with Crippen LogP contribution >= 0.6 is 46.4 Å². The van der Waals surface area contributed by atoms with E-state index in [-0.39, 0.29) is 17.3 Å². The minimum Gasteiger partial charge on any atom is -0.493 e. The number of aryl methyl sites for hydroxylation is 1. The average molecular weight is 633 g/mol. The van der Waals surface area contributed by atoms with E-state index in [2.05, 4.69) is 34.8 Å². The summed E-state index contributed by atoms with van der Waals surface area (Å²) in [6.45, 7) is 2.31. The number of benzene rings is 3. The average Bonchev–Trinajstić information content (AvgIpc) is 2.86. The molecule has 3 aromatic carbocycles. The van der Waals surface area contributed by atoms with Crippen LogP contribution in [-0.2, 0) is 22.6 Å². The van der Waals surface area contributed by atoms with Crippen LogP contribution in [0.5, 0.6) is 11.5 Å². The number of anilines is 1. The van der Waals surface area contributed by atoms with Gasteiger partial charge in [0.2, 0.25) is 0 Å². The fourth-order valence-corrected chi connectivity index (χ4v) is 4.92. The van der Waals surface area contributed by atoms with Gasteiger partial charge in [0.15, 0.2) is 16.6 Å². The second-order valence-corrected chi connectivity index (χ2v) is 9.85. The Labute approximate surface area is 233 Å². The molecule has 184 valence electrons. The molecule has 1 aliphatic heterocycles. The van der Waals surface area contributed by atoms with Crippen LogP contribution in [-0.4, -0.2) is 24.0 Å². The van der Waals surface area contributed by atoms with Crippen molar-refractivity contribution in [3.05, 3.63) is 91.5 Å². The lowest BCUT2D eigenvalue weighted by atomic mass is 10.1. The van der Waals surface area contributed by atoms with Gasteiger partial charge in [-0.25, -0.2) is 0 Å². The van der Waals surface area contributed by atoms with Crippen molar-refractivity contribution in [2.45, 2.75) is 20.0 Å². The number of hydrogen-bond donors (Lipinski definition) is 1. The highest BCUT2D eigenvalue weighted by molar-refractivity contribution is 14.1. The van der Waals surface area contributed by atoms with E-state index in [0.29, 0.717) is 27.8 Å². The molecule has 1 fully saturated rings. The number of nitrogens with one attached hydrogen (secondary N) is 1. The lowest BCUT2D eigenvalue weighted by molar-refractivity contribution is -0.122. The molecule has 1 N–H and O–H groups in total. The van der Waals surface area contributed by atoms with E-state index in [1.165, 1.54) is 18.1 Å². The Balaban J connectivity index is 1.64. The van der Waals surface area contributed by atoms with Crippen LogP contribution in [0.2, 0.25) is 5.02 Å². The zero-order chi connectivity index (χ0) is 25.8. The predicted octanol–water partition coefficient (Wildman–Crippen LogP) is 5.93. The third kappa shape index (κ3) is 5.55. The molecule has 0 radical (unpaired) electrons. The minimum atomic E-state index is -0.556. The number of methoxy groups -OCH3 is 1. The largest absolute Gasteiger partial charge is 0.493 e. The fourth-order valence-electron chi connectivity index (χ4n) is 3.67. The highest BCUT2D eigenvalue weighted by Crippen LogP contribution is 2.36. The topological polar surface area (TPSA) is 67.9 Å². The third-order valence-corrected chi connectivity index (χ3v) is 7.05. The van der Waals surface area contributed by atoms with Gasteiger partial charge >= 0.3 is 0 Å². The van der Waals surface area contributed by atoms with E-state index in [4.69, 9.17) is 33.3 Å². The van der Waals surface area contributed by atoms with Crippen molar-refractivity contribution in [3.8, 4) is 11.5 Å². The molecule has 0 unspecified atom stereocenters. The number of halogens is 2. The van der Waals surface area contributed by atoms with E-state index in [1.807, 2.05) is 48.5 Å². The molecule has 0 spiro atoms. The quantitative estimate of drug-likeness (QED) is 0.152. The van der Waals surface area contributed by atoms with Gasteiger partial charge in [0, 0.05) is 10.6 Å². The molecule has 9 heteroatoms. The van der Waals surface area contributed by atoms with Crippen LogP contribution in [0, 0.1) is 3.57 Å². The molecular formula is C27H22ClIN2O4S. The summed E-state index contributed by atoms with van der Waals surface area (Å²) in [6, 6.07) is 18.5. The summed E-state index contributed by atoms with van der Waals surface area (Å²) >= 11 is 13.7. The highest BCUT2D eigenvalue weighted by Gasteiger charge is 2.34. The summed E-state index contributed by atoms with van der Waals surface area (Å²) in [6.07, 6.45) is 2.40. The van der Waals surface area contributed by atoms with Gasteiger partial charge in [-0.1, -0.05) is 48.9 Å². The number of carbonyl (C=O) groups excluding carboxylic acids is 2. The second-order valence-electron chi connectivity index (χ2n) is 7.89. The zero-order valence-corrected chi connectivity index (χ0v) is 23.2. The number of carbonyl (C=O) groups is 2. The molecule has 0 aromatic heterocycles. The molecule has 4 rings (SSSR count). The number of rotatable bonds is 7. The van der Waals surface area contributed by atoms with E-state index < -0.39 is 11.8 Å². The van der Waals surface area contributed by atoms with Crippen LogP contribution < -0.4 is 19.7 Å². The molecule has 1 saturated heterocycles. The van der Waals surface area contributed by atoms with Gasteiger partial charge in [-0.15, -0.1) is 0 Å². The van der Waals surface area contributed by atoms with Crippen molar-refractivity contribution in [2.75, 3.05) is 12.0 Å². The van der Waals surface area contributed by atoms with Crippen LogP contribution in [0.4, 0.5) is 5.69 Å². The fraction of sp³-hybridized carbons (Fsp3) is 0.148. The summed E-state index contributed by atoms with van der Waals surface area (Å²) in [4.78, 5) is 27.4. The molecule has 1 heterocycles. The number of nitrogens with zero attached hydrogens (tertiary/aromatic N) is 1. The summed E-state index contributed by atoms with van der Waals surface area (Å²) in [7, 11) is 1.53. The van der Waals surface area contributed by atoms with Crippen LogP contribution in [0.15, 0.2) is 66.2 Å². The minimum absolute atomic E-state index is 0.0363. The van der Waals surface area contributed by atoms with Crippen molar-refractivity contribution in [3.63, 3.8) is 0 Å². The molecule has 1 aliphatic rings. The molecule has 0 bridgehead atoms. The Morgan fingerprint density at radius 1 is 1.11 bits per heavy atom. The van der Waals surface area contributed by atoms with Gasteiger partial charge in [-0.3, -0.25) is 19.8 Å². The maximum absolute atomic E-state index is 13.3. The van der Waals surface area contributed by atoms with E-state index in [1.54, 1.807) is 12.1 Å². The summed E-state index contributed by atoms with van der Waals surface area (Å²) in [5.74, 6) is -0.0501. The molecule has 36 heavy (non-hydrogen) atoms. The first-order chi connectivity index (χ1) is 17.3.